The minimum absolute atomic E-state index is 0.0326. The lowest BCUT2D eigenvalue weighted by atomic mass is 10.1. The van der Waals surface area contributed by atoms with Gasteiger partial charge in [0.25, 0.3) is 0 Å². The lowest BCUT2D eigenvalue weighted by Gasteiger charge is -2.10. The van der Waals surface area contributed by atoms with Crippen molar-refractivity contribution in [3.63, 3.8) is 0 Å². The largest absolute Gasteiger partial charge is 0.419 e. The third-order valence-corrected chi connectivity index (χ3v) is 7.07. The predicted octanol–water partition coefficient (Wildman–Crippen LogP) is 4.84. The molecule has 1 fully saturated rings. The lowest BCUT2D eigenvalue weighted by molar-refractivity contribution is 0.120. The average molecular weight is 477 g/mol. The highest BCUT2D eigenvalue weighted by molar-refractivity contribution is 9.10. The molecule has 0 radical (unpaired) electrons. The highest BCUT2D eigenvalue weighted by Crippen LogP contribution is 2.34. The number of aryl methyl sites for hydroxylation is 1. The number of hydrogen-bond donors (Lipinski definition) is 1. The number of nitrogens with zero attached hydrogens (tertiary/aromatic N) is 1. The van der Waals surface area contributed by atoms with E-state index in [9.17, 15) is 8.42 Å². The highest BCUT2D eigenvalue weighted by atomic mass is 79.9. The smallest absolute Gasteiger partial charge is 0.233 e. The monoisotopic (exact) mass is 476 g/mol. The van der Waals surface area contributed by atoms with Crippen molar-refractivity contribution >= 4 is 31.7 Å². The summed E-state index contributed by atoms with van der Waals surface area (Å²) in [6.07, 6.45) is 1.97. The normalized spacial score (nSPS) is 16.8. The molecule has 0 saturated carbocycles. The van der Waals surface area contributed by atoms with E-state index in [1.807, 2.05) is 31.2 Å². The van der Waals surface area contributed by atoms with Gasteiger partial charge in [-0.25, -0.2) is 8.42 Å². The fourth-order valence-corrected chi connectivity index (χ4v) is 4.81. The molecule has 1 unspecified atom stereocenters. The first kappa shape index (κ1) is 20.1. The number of benzene rings is 2. The van der Waals surface area contributed by atoms with Crippen LogP contribution in [0.2, 0.25) is 0 Å². The number of hydrogen-bond acceptors (Lipinski definition) is 6. The predicted molar refractivity (Wildman–Crippen MR) is 114 cm³/mol. The summed E-state index contributed by atoms with van der Waals surface area (Å²) in [5.41, 5.74) is 1.71. The summed E-state index contributed by atoms with van der Waals surface area (Å²) in [5, 5.41) is 2.99. The van der Waals surface area contributed by atoms with Crippen molar-refractivity contribution in [2.75, 3.05) is 18.5 Å². The third-order valence-electron chi connectivity index (χ3n) is 4.86. The Kier molecular flexibility index (Phi) is 5.76. The van der Waals surface area contributed by atoms with Gasteiger partial charge in [-0.3, -0.25) is 0 Å². The second-order valence-electron chi connectivity index (χ2n) is 6.94. The maximum absolute atomic E-state index is 13.3. The molecule has 1 N–H and O–H groups in total. The lowest BCUT2D eigenvalue weighted by Crippen LogP contribution is -2.19. The molecular formula is C21H21BrN2O4S. The van der Waals surface area contributed by atoms with Crippen molar-refractivity contribution in [2.45, 2.75) is 35.8 Å². The summed E-state index contributed by atoms with van der Waals surface area (Å²) in [6, 6.07) is 14.1. The SMILES string of the molecule is Cc1ccccc1-c1nc(S(=O)(=O)c2ccc(Br)cc2)c(NCC2CCCO2)o1. The summed E-state index contributed by atoms with van der Waals surface area (Å²) in [4.78, 5) is 4.55. The Labute approximate surface area is 178 Å². The molecule has 0 bridgehead atoms. The number of nitrogens with one attached hydrogen (secondary N) is 1. The zero-order valence-electron chi connectivity index (χ0n) is 15.9. The van der Waals surface area contributed by atoms with E-state index in [4.69, 9.17) is 9.15 Å². The topological polar surface area (TPSA) is 81.4 Å². The molecule has 8 heteroatoms. The highest BCUT2D eigenvalue weighted by Gasteiger charge is 2.29. The molecule has 2 aromatic carbocycles. The van der Waals surface area contributed by atoms with Gasteiger partial charge in [0.1, 0.15) is 0 Å². The minimum atomic E-state index is -3.86. The first-order chi connectivity index (χ1) is 13.9. The van der Waals surface area contributed by atoms with E-state index >= 15 is 0 Å². The molecule has 1 atom stereocenters. The summed E-state index contributed by atoms with van der Waals surface area (Å²) in [6.45, 7) is 3.12. The average Bonchev–Trinajstić information content (AvgIpc) is 3.37. The van der Waals surface area contributed by atoms with Gasteiger partial charge < -0.3 is 14.5 Å². The zero-order valence-corrected chi connectivity index (χ0v) is 18.3. The van der Waals surface area contributed by atoms with Crippen LogP contribution in [-0.2, 0) is 14.6 Å². The summed E-state index contributed by atoms with van der Waals surface area (Å²) in [7, 11) is -3.86. The van der Waals surface area contributed by atoms with Gasteiger partial charge in [0, 0.05) is 23.2 Å². The molecule has 1 aliphatic rings. The van der Waals surface area contributed by atoms with E-state index in [1.165, 1.54) is 0 Å². The molecule has 1 saturated heterocycles. The van der Waals surface area contributed by atoms with Gasteiger partial charge in [0.05, 0.1) is 11.0 Å². The van der Waals surface area contributed by atoms with Crippen LogP contribution in [-0.4, -0.2) is 32.7 Å². The van der Waals surface area contributed by atoms with E-state index in [0.717, 1.165) is 35.0 Å². The summed E-state index contributed by atoms with van der Waals surface area (Å²) in [5.74, 6) is 0.412. The second kappa shape index (κ2) is 8.30. The number of sulfone groups is 1. The van der Waals surface area contributed by atoms with Crippen molar-refractivity contribution in [2.24, 2.45) is 0 Å². The fourth-order valence-electron chi connectivity index (χ4n) is 3.27. The van der Waals surface area contributed by atoms with E-state index in [1.54, 1.807) is 24.3 Å². The van der Waals surface area contributed by atoms with E-state index in [0.29, 0.717) is 6.54 Å². The second-order valence-corrected chi connectivity index (χ2v) is 9.72. The van der Waals surface area contributed by atoms with Gasteiger partial charge >= 0.3 is 0 Å². The molecular weight excluding hydrogens is 456 g/mol. The number of halogens is 1. The van der Waals surface area contributed by atoms with Crippen LogP contribution in [0.5, 0.6) is 0 Å². The first-order valence-corrected chi connectivity index (χ1v) is 11.7. The van der Waals surface area contributed by atoms with Crippen LogP contribution in [0.25, 0.3) is 11.5 Å². The molecule has 1 aliphatic heterocycles. The van der Waals surface area contributed by atoms with Crippen molar-refractivity contribution < 1.29 is 17.6 Å². The van der Waals surface area contributed by atoms with Crippen LogP contribution in [0.4, 0.5) is 5.88 Å². The van der Waals surface area contributed by atoms with Gasteiger partial charge in [-0.15, -0.1) is 0 Å². The van der Waals surface area contributed by atoms with Crippen LogP contribution >= 0.6 is 15.9 Å². The standard InChI is InChI=1S/C21H21BrN2O4S/c1-14-5-2-3-7-18(14)19-24-21(20(28-19)23-13-16-6-4-12-27-16)29(25,26)17-10-8-15(22)9-11-17/h2-3,5,7-11,16,23H,4,6,12-13H2,1H3. The Morgan fingerprint density at radius 2 is 1.93 bits per heavy atom. The van der Waals surface area contributed by atoms with Crippen LogP contribution in [0.3, 0.4) is 0 Å². The van der Waals surface area contributed by atoms with Crippen molar-refractivity contribution in [1.82, 2.24) is 4.98 Å². The molecule has 1 aromatic heterocycles. The van der Waals surface area contributed by atoms with Gasteiger partial charge in [0.15, 0.2) is 0 Å². The van der Waals surface area contributed by atoms with Crippen LogP contribution in [0.1, 0.15) is 18.4 Å². The number of aromatic nitrogens is 1. The summed E-state index contributed by atoms with van der Waals surface area (Å²) >= 11 is 3.33. The Bertz CT molecular complexity index is 1100. The number of anilines is 1. The van der Waals surface area contributed by atoms with Crippen LogP contribution in [0.15, 0.2) is 67.3 Å². The fraction of sp³-hybridized carbons (Fsp3) is 0.286. The van der Waals surface area contributed by atoms with Crippen molar-refractivity contribution in [3.8, 4) is 11.5 Å². The Balaban J connectivity index is 1.75. The first-order valence-electron chi connectivity index (χ1n) is 9.38. The molecule has 0 amide bonds. The van der Waals surface area contributed by atoms with Gasteiger partial charge in [-0.1, -0.05) is 34.1 Å². The van der Waals surface area contributed by atoms with Crippen LogP contribution < -0.4 is 5.32 Å². The summed E-state index contributed by atoms with van der Waals surface area (Å²) < 4.78 is 38.9. The molecule has 29 heavy (non-hydrogen) atoms. The molecule has 6 nitrogen and oxygen atoms in total. The Hall–Kier alpha value is -2.16. The van der Waals surface area contributed by atoms with E-state index in [2.05, 4.69) is 26.2 Å². The molecule has 0 aliphatic carbocycles. The third kappa shape index (κ3) is 4.24. The van der Waals surface area contributed by atoms with E-state index < -0.39 is 9.84 Å². The van der Waals surface area contributed by atoms with E-state index in [-0.39, 0.29) is 27.8 Å². The molecule has 2 heterocycles. The maximum atomic E-state index is 13.3. The van der Waals surface area contributed by atoms with Gasteiger partial charge in [-0.05, 0) is 55.7 Å². The van der Waals surface area contributed by atoms with Gasteiger partial charge in [-0.2, -0.15) is 4.98 Å². The molecule has 152 valence electrons. The molecule has 3 aromatic rings. The maximum Gasteiger partial charge on any atom is 0.233 e. The minimum Gasteiger partial charge on any atom is -0.419 e. The van der Waals surface area contributed by atoms with Gasteiger partial charge in [0.2, 0.25) is 26.6 Å². The zero-order chi connectivity index (χ0) is 20.4. The number of oxazole rings is 1. The Morgan fingerprint density at radius 1 is 1.17 bits per heavy atom. The molecule has 0 spiro atoms. The molecule has 4 rings (SSSR count). The Morgan fingerprint density at radius 3 is 2.62 bits per heavy atom. The van der Waals surface area contributed by atoms with Crippen molar-refractivity contribution in [1.29, 1.82) is 0 Å². The quantitative estimate of drug-likeness (QED) is 0.548. The number of ether oxygens (including phenoxy) is 1. The van der Waals surface area contributed by atoms with Crippen LogP contribution in [0, 0.1) is 6.92 Å². The number of rotatable bonds is 6. The van der Waals surface area contributed by atoms with Crippen molar-refractivity contribution in [3.05, 3.63) is 58.6 Å².